The molecule has 1 saturated heterocycles. The molecule has 3 rings (SSSR count). The van der Waals surface area contributed by atoms with Gasteiger partial charge < -0.3 is 9.30 Å². The van der Waals surface area contributed by atoms with Crippen molar-refractivity contribution in [1.82, 2.24) is 4.57 Å². The Kier molecular flexibility index (Phi) is 3.23. The van der Waals surface area contributed by atoms with E-state index in [4.69, 9.17) is 4.74 Å². The molecular weight excluding hydrogens is 260 g/mol. The van der Waals surface area contributed by atoms with Crippen LogP contribution in [-0.2, 0) is 11.3 Å². The number of hydrogen-bond donors (Lipinski definition) is 0. The third kappa shape index (κ3) is 2.30. The molecule has 0 radical (unpaired) electrons. The summed E-state index contributed by atoms with van der Waals surface area (Å²) in [7, 11) is 0. The van der Waals surface area contributed by atoms with Crippen LogP contribution in [0.25, 0.3) is 10.9 Å². The molecule has 0 aliphatic carbocycles. The molecule has 104 valence electrons. The Bertz CT molecular complexity index is 717. The number of fused-ring (bicyclic) bond motifs is 1. The van der Waals surface area contributed by atoms with Gasteiger partial charge in [0.2, 0.25) is 0 Å². The third-order valence-electron chi connectivity index (χ3n) is 3.59. The molecule has 0 bridgehead atoms. The maximum atomic E-state index is 12.0. The lowest BCUT2D eigenvalue weighted by molar-refractivity contribution is -0.384. The fourth-order valence-electron chi connectivity index (χ4n) is 2.58. The summed E-state index contributed by atoms with van der Waals surface area (Å²) in [6.07, 6.45) is 2.00. The Labute approximate surface area is 114 Å². The average Bonchev–Trinajstić information content (AvgIpc) is 2.94. The van der Waals surface area contributed by atoms with Crippen LogP contribution in [0.15, 0.2) is 35.1 Å². The van der Waals surface area contributed by atoms with Crippen LogP contribution in [0.3, 0.4) is 0 Å². The van der Waals surface area contributed by atoms with Crippen LogP contribution in [-0.4, -0.2) is 22.2 Å². The van der Waals surface area contributed by atoms with Gasteiger partial charge in [0, 0.05) is 30.2 Å². The standard InChI is InChI=1S/C14H14N2O4/c17-14-6-3-10-8-11(16(18)19)4-5-13(10)15(14)9-12-2-1-7-20-12/h3-6,8,12H,1-2,7,9H2. The first-order valence-electron chi connectivity index (χ1n) is 6.55. The molecule has 1 aliphatic rings. The molecule has 1 fully saturated rings. The second-order valence-corrected chi connectivity index (χ2v) is 4.92. The lowest BCUT2D eigenvalue weighted by Crippen LogP contribution is -2.26. The first-order chi connectivity index (χ1) is 9.65. The van der Waals surface area contributed by atoms with E-state index in [1.54, 1.807) is 16.7 Å². The van der Waals surface area contributed by atoms with Gasteiger partial charge in [-0.05, 0) is 25.0 Å². The molecule has 6 heteroatoms. The minimum Gasteiger partial charge on any atom is -0.376 e. The van der Waals surface area contributed by atoms with Crippen LogP contribution in [0.4, 0.5) is 5.69 Å². The smallest absolute Gasteiger partial charge is 0.270 e. The number of rotatable bonds is 3. The number of benzene rings is 1. The van der Waals surface area contributed by atoms with E-state index in [1.165, 1.54) is 18.2 Å². The van der Waals surface area contributed by atoms with Gasteiger partial charge in [-0.15, -0.1) is 0 Å². The van der Waals surface area contributed by atoms with Gasteiger partial charge in [-0.1, -0.05) is 0 Å². The van der Waals surface area contributed by atoms with Gasteiger partial charge in [-0.2, -0.15) is 0 Å². The molecule has 0 spiro atoms. The third-order valence-corrected chi connectivity index (χ3v) is 3.59. The Morgan fingerprint density at radius 2 is 2.20 bits per heavy atom. The summed E-state index contributed by atoms with van der Waals surface area (Å²) < 4.78 is 7.19. The second kappa shape index (κ2) is 5.05. The zero-order valence-electron chi connectivity index (χ0n) is 10.8. The molecule has 1 atom stereocenters. The molecule has 1 aromatic carbocycles. The summed E-state index contributed by atoms with van der Waals surface area (Å²) in [5.41, 5.74) is 0.625. The van der Waals surface area contributed by atoms with E-state index in [2.05, 4.69) is 0 Å². The Morgan fingerprint density at radius 1 is 1.35 bits per heavy atom. The fraction of sp³-hybridized carbons (Fsp3) is 0.357. The van der Waals surface area contributed by atoms with Crippen molar-refractivity contribution in [2.45, 2.75) is 25.5 Å². The van der Waals surface area contributed by atoms with Crippen molar-refractivity contribution in [1.29, 1.82) is 0 Å². The van der Waals surface area contributed by atoms with Crippen molar-refractivity contribution in [3.05, 3.63) is 50.8 Å². The highest BCUT2D eigenvalue weighted by atomic mass is 16.6. The van der Waals surface area contributed by atoms with Gasteiger partial charge in [0.1, 0.15) is 0 Å². The lowest BCUT2D eigenvalue weighted by atomic mass is 10.1. The molecule has 6 nitrogen and oxygen atoms in total. The van der Waals surface area contributed by atoms with Gasteiger partial charge in [0.05, 0.1) is 23.1 Å². The molecule has 0 amide bonds. The van der Waals surface area contributed by atoms with E-state index in [0.29, 0.717) is 17.4 Å². The normalized spacial score (nSPS) is 18.5. The summed E-state index contributed by atoms with van der Waals surface area (Å²) in [6, 6.07) is 7.61. The lowest BCUT2D eigenvalue weighted by Gasteiger charge is -2.14. The van der Waals surface area contributed by atoms with Crippen molar-refractivity contribution >= 4 is 16.6 Å². The number of nitro groups is 1. The van der Waals surface area contributed by atoms with Crippen LogP contribution in [0, 0.1) is 10.1 Å². The minimum absolute atomic E-state index is 0.0276. The number of ether oxygens (including phenoxy) is 1. The molecule has 20 heavy (non-hydrogen) atoms. The molecule has 2 aromatic rings. The Balaban J connectivity index is 2.07. The fourth-order valence-corrected chi connectivity index (χ4v) is 2.58. The number of pyridine rings is 1. The quantitative estimate of drug-likeness (QED) is 0.634. The largest absolute Gasteiger partial charge is 0.376 e. The molecule has 0 saturated carbocycles. The van der Waals surface area contributed by atoms with Crippen LogP contribution in [0.1, 0.15) is 12.8 Å². The monoisotopic (exact) mass is 274 g/mol. The van der Waals surface area contributed by atoms with E-state index in [1.807, 2.05) is 0 Å². The van der Waals surface area contributed by atoms with Gasteiger partial charge in [0.25, 0.3) is 11.2 Å². The summed E-state index contributed by atoms with van der Waals surface area (Å²) in [6.45, 7) is 1.23. The van der Waals surface area contributed by atoms with Gasteiger partial charge >= 0.3 is 0 Å². The Hall–Kier alpha value is -2.21. The van der Waals surface area contributed by atoms with E-state index in [9.17, 15) is 14.9 Å². The molecule has 1 aromatic heterocycles. The van der Waals surface area contributed by atoms with Gasteiger partial charge in [0.15, 0.2) is 0 Å². The first-order valence-corrected chi connectivity index (χ1v) is 6.55. The summed E-state index contributed by atoms with van der Waals surface area (Å²) in [5.74, 6) is 0. The molecule has 1 aliphatic heterocycles. The van der Waals surface area contributed by atoms with Crippen LogP contribution in [0.5, 0.6) is 0 Å². The first kappa shape index (κ1) is 12.8. The van der Waals surface area contributed by atoms with E-state index in [-0.39, 0.29) is 17.4 Å². The predicted molar refractivity (Wildman–Crippen MR) is 73.8 cm³/mol. The van der Waals surface area contributed by atoms with Crippen molar-refractivity contribution in [2.75, 3.05) is 6.61 Å². The highest BCUT2D eigenvalue weighted by Gasteiger charge is 2.18. The summed E-state index contributed by atoms with van der Waals surface area (Å²) in [4.78, 5) is 22.4. The second-order valence-electron chi connectivity index (χ2n) is 4.92. The number of nitro benzene ring substituents is 1. The maximum absolute atomic E-state index is 12.0. The van der Waals surface area contributed by atoms with Crippen molar-refractivity contribution in [3.63, 3.8) is 0 Å². The molecular formula is C14H14N2O4. The molecule has 2 heterocycles. The van der Waals surface area contributed by atoms with Crippen molar-refractivity contribution in [3.8, 4) is 0 Å². The summed E-state index contributed by atoms with van der Waals surface area (Å²) >= 11 is 0. The van der Waals surface area contributed by atoms with Crippen LogP contribution >= 0.6 is 0 Å². The maximum Gasteiger partial charge on any atom is 0.270 e. The number of hydrogen-bond acceptors (Lipinski definition) is 4. The van der Waals surface area contributed by atoms with Crippen LogP contribution < -0.4 is 5.56 Å². The Morgan fingerprint density at radius 3 is 2.90 bits per heavy atom. The highest BCUT2D eigenvalue weighted by molar-refractivity contribution is 5.81. The van der Waals surface area contributed by atoms with Gasteiger partial charge in [-0.25, -0.2) is 0 Å². The van der Waals surface area contributed by atoms with E-state index in [0.717, 1.165) is 19.4 Å². The zero-order chi connectivity index (χ0) is 14.1. The number of non-ortho nitro benzene ring substituents is 1. The number of aromatic nitrogens is 1. The van der Waals surface area contributed by atoms with Crippen molar-refractivity contribution < 1.29 is 9.66 Å². The van der Waals surface area contributed by atoms with E-state index >= 15 is 0 Å². The minimum atomic E-state index is -0.436. The summed E-state index contributed by atoms with van der Waals surface area (Å²) in [5, 5.41) is 11.5. The van der Waals surface area contributed by atoms with E-state index < -0.39 is 4.92 Å². The van der Waals surface area contributed by atoms with Crippen LogP contribution in [0.2, 0.25) is 0 Å². The topological polar surface area (TPSA) is 74.4 Å². The van der Waals surface area contributed by atoms with Crippen molar-refractivity contribution in [2.24, 2.45) is 0 Å². The number of nitrogens with zero attached hydrogens (tertiary/aromatic N) is 2. The zero-order valence-corrected chi connectivity index (χ0v) is 10.8. The SMILES string of the molecule is O=c1ccc2cc([N+](=O)[O-])ccc2n1CC1CCCO1. The molecule has 0 N–H and O–H groups in total. The molecule has 1 unspecified atom stereocenters. The highest BCUT2D eigenvalue weighted by Crippen LogP contribution is 2.21. The van der Waals surface area contributed by atoms with Gasteiger partial charge in [-0.3, -0.25) is 14.9 Å². The predicted octanol–water partition coefficient (Wildman–Crippen LogP) is 2.09. The average molecular weight is 274 g/mol.